The van der Waals surface area contributed by atoms with E-state index in [0.717, 1.165) is 33.4 Å². The molecule has 4 heteroatoms. The monoisotopic (exact) mass is 318 g/mol. The fourth-order valence-corrected chi connectivity index (χ4v) is 3.94. The van der Waals surface area contributed by atoms with Crippen LogP contribution in [0.2, 0.25) is 0 Å². The van der Waals surface area contributed by atoms with E-state index in [2.05, 4.69) is 28.2 Å². The maximum Gasteiger partial charge on any atom is 0.152 e. The van der Waals surface area contributed by atoms with Crippen molar-refractivity contribution in [1.29, 1.82) is 0 Å². The highest BCUT2D eigenvalue weighted by atomic mass is 32.2. The van der Waals surface area contributed by atoms with Gasteiger partial charge in [-0.15, -0.1) is 11.8 Å². The fourth-order valence-electron chi connectivity index (χ4n) is 2.83. The van der Waals surface area contributed by atoms with Crippen LogP contribution in [0.25, 0.3) is 21.8 Å². The highest BCUT2D eigenvalue weighted by molar-refractivity contribution is 7.98. The Hall–Kier alpha value is -2.59. The minimum absolute atomic E-state index is 0.711. The molecule has 0 spiro atoms. The summed E-state index contributed by atoms with van der Waals surface area (Å²) in [5.74, 6) is 0.839. The van der Waals surface area contributed by atoms with Crippen LogP contribution in [0.15, 0.2) is 65.8 Å². The zero-order valence-electron chi connectivity index (χ0n) is 12.3. The van der Waals surface area contributed by atoms with Crippen LogP contribution in [-0.2, 0) is 5.75 Å². The average Bonchev–Trinajstić information content (AvgIpc) is 3.03. The lowest BCUT2D eigenvalue weighted by Crippen LogP contribution is -1.87. The summed E-state index contributed by atoms with van der Waals surface area (Å²) in [6.45, 7) is 0. The third kappa shape index (κ3) is 2.51. The van der Waals surface area contributed by atoms with Gasteiger partial charge in [0.05, 0.1) is 5.52 Å². The third-order valence-corrected chi connectivity index (χ3v) is 5.05. The Kier molecular flexibility index (Phi) is 3.60. The van der Waals surface area contributed by atoms with Crippen LogP contribution in [0.4, 0.5) is 0 Å². The van der Waals surface area contributed by atoms with Crippen molar-refractivity contribution in [3.8, 4) is 0 Å². The fraction of sp³-hybridized carbons (Fsp3) is 0.0526. The summed E-state index contributed by atoms with van der Waals surface area (Å²) in [6, 6.07) is 16.3. The number of hydrogen-bond donors (Lipinski definition) is 1. The lowest BCUT2D eigenvalue weighted by Gasteiger charge is -2.07. The summed E-state index contributed by atoms with van der Waals surface area (Å²) in [4.78, 5) is 19.9. The molecule has 112 valence electrons. The summed E-state index contributed by atoms with van der Waals surface area (Å²) < 4.78 is 0. The summed E-state index contributed by atoms with van der Waals surface area (Å²) in [7, 11) is 0. The Morgan fingerprint density at radius 3 is 2.91 bits per heavy atom. The average molecular weight is 318 g/mol. The van der Waals surface area contributed by atoms with Crippen molar-refractivity contribution in [3.05, 3.63) is 72.1 Å². The van der Waals surface area contributed by atoms with E-state index in [0.29, 0.717) is 5.56 Å². The smallest absolute Gasteiger partial charge is 0.152 e. The number of rotatable bonds is 4. The number of aromatic amines is 1. The van der Waals surface area contributed by atoms with Crippen molar-refractivity contribution in [2.24, 2.45) is 0 Å². The van der Waals surface area contributed by atoms with E-state index in [9.17, 15) is 4.79 Å². The molecular weight excluding hydrogens is 304 g/mol. The Labute approximate surface area is 137 Å². The maximum atomic E-state index is 11.2. The first kappa shape index (κ1) is 14.0. The predicted octanol–water partition coefficient (Wildman–Crippen LogP) is 4.82. The highest BCUT2D eigenvalue weighted by Crippen LogP contribution is 2.33. The number of thioether (sulfide) groups is 1. The normalized spacial score (nSPS) is 11.1. The molecular formula is C19H14N2OS. The molecule has 0 radical (unpaired) electrons. The predicted molar refractivity (Wildman–Crippen MR) is 95.0 cm³/mol. The van der Waals surface area contributed by atoms with Gasteiger partial charge in [-0.3, -0.25) is 9.78 Å². The second kappa shape index (κ2) is 5.89. The molecule has 2 aromatic heterocycles. The van der Waals surface area contributed by atoms with E-state index >= 15 is 0 Å². The molecule has 0 unspecified atom stereocenters. The lowest BCUT2D eigenvalue weighted by atomic mass is 10.1. The minimum atomic E-state index is 0.711. The Morgan fingerprint density at radius 2 is 2.00 bits per heavy atom. The summed E-state index contributed by atoms with van der Waals surface area (Å²) >= 11 is 1.75. The number of para-hydroxylation sites is 1. The van der Waals surface area contributed by atoms with Crippen molar-refractivity contribution in [1.82, 2.24) is 9.97 Å². The summed E-state index contributed by atoms with van der Waals surface area (Å²) in [5.41, 5.74) is 3.97. The second-order valence-corrected chi connectivity index (χ2v) is 6.33. The molecule has 0 aliphatic carbocycles. The van der Waals surface area contributed by atoms with Gasteiger partial charge in [-0.05, 0) is 29.8 Å². The van der Waals surface area contributed by atoms with E-state index in [1.54, 1.807) is 18.0 Å². The number of nitrogens with zero attached hydrogens (tertiary/aromatic N) is 1. The van der Waals surface area contributed by atoms with Gasteiger partial charge in [-0.1, -0.05) is 24.3 Å². The SMILES string of the molecule is O=Cc1c[nH]c2cccc(SCc3ccnc4ccccc34)c12. The molecule has 2 aromatic carbocycles. The van der Waals surface area contributed by atoms with Gasteiger partial charge in [-0.25, -0.2) is 0 Å². The molecule has 1 N–H and O–H groups in total. The van der Waals surface area contributed by atoms with E-state index in [-0.39, 0.29) is 0 Å². The number of benzene rings is 2. The van der Waals surface area contributed by atoms with Gasteiger partial charge in [0.25, 0.3) is 0 Å². The Morgan fingerprint density at radius 1 is 1.09 bits per heavy atom. The molecule has 4 aromatic rings. The van der Waals surface area contributed by atoms with Gasteiger partial charge < -0.3 is 4.98 Å². The molecule has 2 heterocycles. The van der Waals surface area contributed by atoms with Crippen LogP contribution < -0.4 is 0 Å². The molecule has 0 bridgehead atoms. The van der Waals surface area contributed by atoms with Crippen LogP contribution in [0.5, 0.6) is 0 Å². The van der Waals surface area contributed by atoms with E-state index < -0.39 is 0 Å². The topological polar surface area (TPSA) is 45.8 Å². The van der Waals surface area contributed by atoms with Crippen LogP contribution in [0, 0.1) is 0 Å². The molecule has 0 fully saturated rings. The van der Waals surface area contributed by atoms with Gasteiger partial charge in [0.15, 0.2) is 6.29 Å². The van der Waals surface area contributed by atoms with E-state index in [4.69, 9.17) is 0 Å². The largest absolute Gasteiger partial charge is 0.360 e. The van der Waals surface area contributed by atoms with Crippen molar-refractivity contribution >= 4 is 39.9 Å². The van der Waals surface area contributed by atoms with Crippen molar-refractivity contribution in [2.75, 3.05) is 0 Å². The maximum absolute atomic E-state index is 11.2. The Bertz CT molecular complexity index is 1000. The van der Waals surface area contributed by atoms with E-state index in [1.165, 1.54) is 10.9 Å². The minimum Gasteiger partial charge on any atom is -0.360 e. The van der Waals surface area contributed by atoms with Gasteiger partial charge in [0.2, 0.25) is 0 Å². The van der Waals surface area contributed by atoms with Crippen LogP contribution >= 0.6 is 11.8 Å². The first-order valence-electron chi connectivity index (χ1n) is 7.37. The van der Waals surface area contributed by atoms with Crippen molar-refractivity contribution in [2.45, 2.75) is 10.6 Å². The van der Waals surface area contributed by atoms with Gasteiger partial charge in [0, 0.05) is 44.9 Å². The molecule has 23 heavy (non-hydrogen) atoms. The first-order valence-corrected chi connectivity index (χ1v) is 8.36. The molecule has 3 nitrogen and oxygen atoms in total. The number of carbonyl (C=O) groups is 1. The Balaban J connectivity index is 1.71. The zero-order chi connectivity index (χ0) is 15.6. The van der Waals surface area contributed by atoms with Crippen molar-refractivity contribution in [3.63, 3.8) is 0 Å². The molecule has 0 aliphatic heterocycles. The van der Waals surface area contributed by atoms with Crippen LogP contribution in [0.3, 0.4) is 0 Å². The highest BCUT2D eigenvalue weighted by Gasteiger charge is 2.09. The number of carbonyl (C=O) groups excluding carboxylic acids is 1. The number of nitrogens with one attached hydrogen (secondary N) is 1. The molecule has 0 saturated carbocycles. The molecule has 4 rings (SSSR count). The molecule has 0 aliphatic rings. The number of aromatic nitrogens is 2. The van der Waals surface area contributed by atoms with Gasteiger partial charge in [0.1, 0.15) is 0 Å². The number of pyridine rings is 1. The summed E-state index contributed by atoms with van der Waals surface area (Å²) in [6.07, 6.45) is 4.53. The number of H-pyrrole nitrogens is 1. The van der Waals surface area contributed by atoms with Crippen LogP contribution in [-0.4, -0.2) is 16.3 Å². The summed E-state index contributed by atoms with van der Waals surface area (Å²) in [5, 5.41) is 2.19. The number of hydrogen-bond acceptors (Lipinski definition) is 3. The lowest BCUT2D eigenvalue weighted by molar-refractivity contribution is 0.112. The van der Waals surface area contributed by atoms with Gasteiger partial charge in [-0.2, -0.15) is 0 Å². The van der Waals surface area contributed by atoms with Crippen molar-refractivity contribution < 1.29 is 4.79 Å². The standard InChI is InChI=1S/C19H14N2OS/c22-11-14-10-21-17-6-3-7-18(19(14)17)23-12-13-8-9-20-16-5-2-1-4-15(13)16/h1-11,21H,12H2. The first-order chi connectivity index (χ1) is 11.4. The number of fused-ring (bicyclic) bond motifs is 2. The number of aldehydes is 1. The quantitative estimate of drug-likeness (QED) is 0.433. The third-order valence-electron chi connectivity index (χ3n) is 3.95. The van der Waals surface area contributed by atoms with E-state index in [1.807, 2.05) is 36.5 Å². The van der Waals surface area contributed by atoms with Crippen LogP contribution in [0.1, 0.15) is 15.9 Å². The van der Waals surface area contributed by atoms with Gasteiger partial charge >= 0.3 is 0 Å². The molecule has 0 saturated heterocycles. The molecule has 0 amide bonds. The zero-order valence-corrected chi connectivity index (χ0v) is 13.1. The molecule has 0 atom stereocenters. The second-order valence-electron chi connectivity index (χ2n) is 5.32.